The van der Waals surface area contributed by atoms with Crippen molar-refractivity contribution < 1.29 is 18.6 Å². The molecule has 1 aromatic carbocycles. The molecule has 4 aromatic heterocycles. The first kappa shape index (κ1) is 24.7. The maximum absolute atomic E-state index is 13.2. The monoisotopic (exact) mass is 564 g/mol. The van der Waals surface area contributed by atoms with E-state index in [0.717, 1.165) is 5.52 Å². The van der Waals surface area contributed by atoms with Gasteiger partial charge in [0.15, 0.2) is 5.65 Å². The fourth-order valence-corrected chi connectivity index (χ4v) is 4.59. The summed E-state index contributed by atoms with van der Waals surface area (Å²) >= 11 is 12.2. The van der Waals surface area contributed by atoms with Crippen LogP contribution < -0.4 is 10.2 Å². The second-order valence-corrected chi connectivity index (χ2v) is 9.37. The van der Waals surface area contributed by atoms with E-state index in [1.807, 2.05) is 4.90 Å². The molecule has 1 fully saturated rings. The number of hydrogen-bond donors (Lipinski definition) is 3. The van der Waals surface area contributed by atoms with Gasteiger partial charge in [-0.25, -0.2) is 9.67 Å². The van der Waals surface area contributed by atoms with Crippen LogP contribution in [0.25, 0.3) is 27.8 Å². The highest BCUT2D eigenvalue weighted by Crippen LogP contribution is 2.29. The number of benzene rings is 1. The van der Waals surface area contributed by atoms with E-state index in [-0.39, 0.29) is 19.2 Å². The Hall–Kier alpha value is -3.59. The summed E-state index contributed by atoms with van der Waals surface area (Å²) in [5.41, 5.74) is 2.66. The minimum Gasteiger partial charge on any atom is -0.394 e. The Bertz CT molecular complexity index is 1580. The first-order valence-electron chi connectivity index (χ1n) is 11.5. The summed E-state index contributed by atoms with van der Waals surface area (Å²) in [6, 6.07) is 3.02. The number of halogens is 4. The number of aliphatic hydroxyl groups is 1. The Balaban J connectivity index is 1.40. The van der Waals surface area contributed by atoms with E-state index in [0.29, 0.717) is 74.5 Å². The molecule has 0 aliphatic carbocycles. The summed E-state index contributed by atoms with van der Waals surface area (Å²) in [4.78, 5) is 18.9. The first-order chi connectivity index (χ1) is 18.4. The number of nitrogens with one attached hydrogen (secondary N) is 2. The molecule has 38 heavy (non-hydrogen) atoms. The molecule has 3 N–H and O–H groups in total. The van der Waals surface area contributed by atoms with Gasteiger partial charge >= 0.3 is 6.55 Å². The lowest BCUT2D eigenvalue weighted by molar-refractivity contribution is 0.0566. The molecular formula is C22H20Cl2F2N10O2. The summed E-state index contributed by atoms with van der Waals surface area (Å²) in [5.74, 6) is 1.25. The van der Waals surface area contributed by atoms with Crippen LogP contribution in [0.2, 0.25) is 10.0 Å². The van der Waals surface area contributed by atoms with Gasteiger partial charge in [-0.05, 0) is 12.1 Å². The van der Waals surface area contributed by atoms with Crippen LogP contribution in [0.5, 0.6) is 0 Å². The van der Waals surface area contributed by atoms with Gasteiger partial charge in [0.05, 0.1) is 65.9 Å². The molecule has 0 bridgehead atoms. The minimum absolute atomic E-state index is 0.158. The van der Waals surface area contributed by atoms with E-state index in [1.54, 1.807) is 12.1 Å². The van der Waals surface area contributed by atoms with Crippen LogP contribution in [-0.4, -0.2) is 76.8 Å². The Morgan fingerprint density at radius 3 is 2.79 bits per heavy atom. The quantitative estimate of drug-likeness (QED) is 0.272. The Kier molecular flexibility index (Phi) is 6.47. The van der Waals surface area contributed by atoms with Gasteiger partial charge in [0.1, 0.15) is 5.82 Å². The van der Waals surface area contributed by atoms with Crippen LogP contribution in [0.3, 0.4) is 0 Å². The van der Waals surface area contributed by atoms with Gasteiger partial charge in [-0.1, -0.05) is 23.2 Å². The highest BCUT2D eigenvalue weighted by molar-refractivity contribution is 6.42. The fourth-order valence-electron chi connectivity index (χ4n) is 4.27. The maximum atomic E-state index is 13.2. The van der Waals surface area contributed by atoms with E-state index >= 15 is 0 Å². The van der Waals surface area contributed by atoms with E-state index in [1.165, 1.54) is 23.1 Å². The molecular weight excluding hydrogens is 545 g/mol. The summed E-state index contributed by atoms with van der Waals surface area (Å²) < 4.78 is 33.8. The van der Waals surface area contributed by atoms with Gasteiger partial charge in [-0.3, -0.25) is 0 Å². The zero-order valence-corrected chi connectivity index (χ0v) is 21.0. The number of morpholine rings is 1. The second kappa shape index (κ2) is 9.94. The topological polar surface area (TPSA) is 134 Å². The minimum atomic E-state index is -2.78. The number of aromatic amines is 1. The first-order valence-corrected chi connectivity index (χ1v) is 12.3. The smallest absolute Gasteiger partial charge is 0.333 e. The molecule has 0 spiro atoms. The molecule has 1 aliphatic heterocycles. The number of anilines is 2. The van der Waals surface area contributed by atoms with Crippen molar-refractivity contribution in [1.82, 2.24) is 39.3 Å². The molecule has 0 amide bonds. The van der Waals surface area contributed by atoms with Gasteiger partial charge in [0, 0.05) is 23.9 Å². The van der Waals surface area contributed by atoms with E-state index in [9.17, 15) is 13.9 Å². The van der Waals surface area contributed by atoms with E-state index in [2.05, 4.69) is 35.5 Å². The third-order valence-electron chi connectivity index (χ3n) is 6.15. The summed E-state index contributed by atoms with van der Waals surface area (Å²) in [7, 11) is 0. The lowest BCUT2D eigenvalue weighted by Crippen LogP contribution is -2.48. The highest BCUT2D eigenvalue weighted by Gasteiger charge is 2.27. The molecule has 5 aromatic rings. The predicted octanol–water partition coefficient (Wildman–Crippen LogP) is 3.38. The predicted molar refractivity (Wildman–Crippen MR) is 136 cm³/mol. The van der Waals surface area contributed by atoms with Gasteiger partial charge in [0.25, 0.3) is 0 Å². The van der Waals surface area contributed by atoms with Crippen LogP contribution in [0, 0.1) is 0 Å². The molecule has 12 nitrogen and oxygen atoms in total. The molecule has 1 atom stereocenters. The second-order valence-electron chi connectivity index (χ2n) is 8.55. The molecule has 198 valence electrons. The van der Waals surface area contributed by atoms with Crippen molar-refractivity contribution >= 4 is 51.8 Å². The molecule has 0 radical (unpaired) electrons. The molecule has 1 aliphatic rings. The van der Waals surface area contributed by atoms with Gasteiger partial charge in [-0.2, -0.15) is 33.5 Å². The standard InChI is InChI=1S/C22H20Cl2F2N10O2/c23-14-3-16-17(4-15(14)24)31-18(30-16)7-27-21-33-22(34-1-2-38-10-12(34)9-37)32-19-13(6-29-36(19)21)11-5-28-35(8-11)20(25)26/h3-6,8,12,20,37H,1-2,7,9-10H2,(H,30,31)(H,27,32,33)/t12-/m1/s1. The van der Waals surface area contributed by atoms with Crippen LogP contribution in [0.1, 0.15) is 12.4 Å². The van der Waals surface area contributed by atoms with Crippen molar-refractivity contribution in [3.63, 3.8) is 0 Å². The van der Waals surface area contributed by atoms with Crippen molar-refractivity contribution in [2.45, 2.75) is 19.1 Å². The van der Waals surface area contributed by atoms with Crippen LogP contribution in [0.4, 0.5) is 20.7 Å². The van der Waals surface area contributed by atoms with Crippen LogP contribution >= 0.6 is 23.2 Å². The third-order valence-corrected chi connectivity index (χ3v) is 6.87. The van der Waals surface area contributed by atoms with Crippen LogP contribution in [0.15, 0.2) is 30.7 Å². The van der Waals surface area contributed by atoms with Gasteiger partial charge < -0.3 is 25.0 Å². The summed E-state index contributed by atoms with van der Waals surface area (Å²) in [6.45, 7) is -1.50. The van der Waals surface area contributed by atoms with E-state index < -0.39 is 6.55 Å². The number of rotatable bonds is 7. The number of aromatic nitrogens is 8. The number of ether oxygens (including phenoxy) is 1. The Morgan fingerprint density at radius 2 is 2.00 bits per heavy atom. The summed E-state index contributed by atoms with van der Waals surface area (Å²) in [5, 5.41) is 22.0. The van der Waals surface area contributed by atoms with Crippen molar-refractivity contribution in [3.05, 3.63) is 46.6 Å². The molecule has 1 saturated heterocycles. The molecule has 0 saturated carbocycles. The van der Waals surface area contributed by atoms with Crippen molar-refractivity contribution in [3.8, 4) is 11.1 Å². The van der Waals surface area contributed by atoms with Crippen molar-refractivity contribution in [2.75, 3.05) is 36.6 Å². The molecule has 16 heteroatoms. The van der Waals surface area contributed by atoms with Crippen LogP contribution in [-0.2, 0) is 11.3 Å². The normalized spacial score (nSPS) is 16.3. The number of hydrogen-bond acceptors (Lipinski definition) is 9. The third kappa shape index (κ3) is 4.49. The lowest BCUT2D eigenvalue weighted by Gasteiger charge is -2.34. The average molecular weight is 565 g/mol. The largest absolute Gasteiger partial charge is 0.394 e. The lowest BCUT2D eigenvalue weighted by atomic mass is 10.2. The van der Waals surface area contributed by atoms with Gasteiger partial charge in [-0.15, -0.1) is 0 Å². The SMILES string of the molecule is OC[C@@H]1COCCN1c1nc(NCc2nc3cc(Cl)c(Cl)cc3[nH]2)n2ncc(-c3cnn(C(F)F)c3)c2n1. The zero-order valence-electron chi connectivity index (χ0n) is 19.5. The maximum Gasteiger partial charge on any atom is 0.333 e. The van der Waals surface area contributed by atoms with Crippen molar-refractivity contribution in [1.29, 1.82) is 0 Å². The fraction of sp³-hybridized carbons (Fsp3) is 0.318. The number of fused-ring (bicyclic) bond motifs is 2. The number of imidazole rings is 1. The summed E-state index contributed by atoms with van der Waals surface area (Å²) in [6.07, 6.45) is 4.07. The number of nitrogens with zero attached hydrogens (tertiary/aromatic N) is 8. The number of alkyl halides is 2. The molecule has 0 unspecified atom stereocenters. The zero-order chi connectivity index (χ0) is 26.4. The number of aliphatic hydroxyl groups excluding tert-OH is 1. The highest BCUT2D eigenvalue weighted by atomic mass is 35.5. The molecule has 6 rings (SSSR count). The van der Waals surface area contributed by atoms with Gasteiger partial charge in [0.2, 0.25) is 11.9 Å². The number of H-pyrrole nitrogens is 1. The molecule has 5 heterocycles. The Labute approximate surface area is 223 Å². The average Bonchev–Trinajstić information content (AvgIpc) is 3.65. The van der Waals surface area contributed by atoms with E-state index in [4.69, 9.17) is 27.9 Å². The van der Waals surface area contributed by atoms with Crippen molar-refractivity contribution in [2.24, 2.45) is 0 Å². The Morgan fingerprint density at radius 1 is 1.16 bits per heavy atom.